The number of fused-ring (bicyclic) bond motifs is 1. The number of thiophene rings is 1. The van der Waals surface area contributed by atoms with Gasteiger partial charge >= 0.3 is 0 Å². The summed E-state index contributed by atoms with van der Waals surface area (Å²) in [6, 6.07) is 2.37. The van der Waals surface area contributed by atoms with Crippen molar-refractivity contribution in [3.8, 4) is 0 Å². The van der Waals surface area contributed by atoms with Crippen molar-refractivity contribution >= 4 is 17.2 Å². The molecule has 110 valence electrons. The Labute approximate surface area is 125 Å². The largest absolute Gasteiger partial charge is 0.336 e. The molecule has 2 aliphatic rings. The van der Waals surface area contributed by atoms with Crippen LogP contribution in [0.25, 0.3) is 0 Å². The number of hydrogen-bond donors (Lipinski definition) is 1. The predicted octanol–water partition coefficient (Wildman–Crippen LogP) is 2.83. The lowest BCUT2D eigenvalue weighted by molar-refractivity contribution is 0.0723. The first-order chi connectivity index (χ1) is 9.70. The quantitative estimate of drug-likeness (QED) is 0.867. The summed E-state index contributed by atoms with van der Waals surface area (Å²) in [4.78, 5) is 16.9. The maximum Gasteiger partial charge on any atom is 0.263 e. The van der Waals surface area contributed by atoms with Crippen molar-refractivity contribution in [3.63, 3.8) is 0 Å². The van der Waals surface area contributed by atoms with Crippen LogP contribution in [0.1, 0.15) is 52.2 Å². The van der Waals surface area contributed by atoms with Crippen LogP contribution >= 0.6 is 11.3 Å². The number of amides is 1. The van der Waals surface area contributed by atoms with E-state index in [1.165, 1.54) is 42.5 Å². The fraction of sp³-hybridized carbons (Fsp3) is 0.688. The number of likely N-dealkylation sites (N-methyl/N-ethyl adjacent to an activating group) is 1. The SMILES string of the molecule is CN(C(=O)c1cc2c(s1)CCCCC2)C(CN)C1CC1. The molecular weight excluding hydrogens is 268 g/mol. The van der Waals surface area contributed by atoms with E-state index in [1.807, 2.05) is 11.9 Å². The number of carbonyl (C=O) groups excluding carboxylic acids is 1. The minimum absolute atomic E-state index is 0.172. The smallest absolute Gasteiger partial charge is 0.263 e. The summed E-state index contributed by atoms with van der Waals surface area (Å²) in [7, 11) is 1.92. The van der Waals surface area contributed by atoms with Crippen LogP contribution in [0.3, 0.4) is 0 Å². The average molecular weight is 292 g/mol. The van der Waals surface area contributed by atoms with Crippen molar-refractivity contribution in [1.29, 1.82) is 0 Å². The number of hydrogen-bond acceptors (Lipinski definition) is 3. The highest BCUT2D eigenvalue weighted by atomic mass is 32.1. The van der Waals surface area contributed by atoms with Crippen molar-refractivity contribution in [3.05, 3.63) is 21.4 Å². The molecule has 3 nitrogen and oxygen atoms in total. The van der Waals surface area contributed by atoms with Gasteiger partial charge in [-0.15, -0.1) is 11.3 Å². The summed E-state index contributed by atoms with van der Waals surface area (Å²) < 4.78 is 0. The highest BCUT2D eigenvalue weighted by molar-refractivity contribution is 7.14. The zero-order valence-corrected chi connectivity index (χ0v) is 13.0. The van der Waals surface area contributed by atoms with E-state index in [9.17, 15) is 4.79 Å². The molecular formula is C16H24N2OS. The van der Waals surface area contributed by atoms with Gasteiger partial charge in [0.15, 0.2) is 0 Å². The summed E-state index contributed by atoms with van der Waals surface area (Å²) in [5.74, 6) is 0.803. The van der Waals surface area contributed by atoms with Crippen LogP contribution < -0.4 is 5.73 Å². The maximum atomic E-state index is 12.7. The molecule has 3 rings (SSSR count). The van der Waals surface area contributed by atoms with Crippen LogP contribution in [-0.4, -0.2) is 30.4 Å². The van der Waals surface area contributed by atoms with E-state index in [2.05, 4.69) is 6.07 Å². The van der Waals surface area contributed by atoms with Gasteiger partial charge in [0, 0.05) is 24.5 Å². The Bertz CT molecular complexity index is 469. The van der Waals surface area contributed by atoms with Gasteiger partial charge in [0.05, 0.1) is 4.88 Å². The minimum Gasteiger partial charge on any atom is -0.336 e. The normalized spacial score (nSPS) is 20.1. The number of aryl methyl sites for hydroxylation is 2. The molecule has 1 atom stereocenters. The number of rotatable bonds is 4. The van der Waals surface area contributed by atoms with Gasteiger partial charge < -0.3 is 10.6 Å². The van der Waals surface area contributed by atoms with Crippen molar-refractivity contribution in [2.75, 3.05) is 13.6 Å². The standard InChI is InChI=1S/C16H24N2OS/c1-18(13(10-17)11-7-8-11)16(19)15-9-12-5-3-2-4-6-14(12)20-15/h9,11,13H,2-8,10,17H2,1H3. The van der Waals surface area contributed by atoms with Crippen LogP contribution in [-0.2, 0) is 12.8 Å². The zero-order valence-electron chi connectivity index (χ0n) is 12.2. The van der Waals surface area contributed by atoms with Gasteiger partial charge in [-0.3, -0.25) is 4.79 Å². The van der Waals surface area contributed by atoms with Gasteiger partial charge in [-0.05, 0) is 56.1 Å². The first-order valence-corrected chi connectivity index (χ1v) is 8.61. The van der Waals surface area contributed by atoms with Crippen LogP contribution in [0, 0.1) is 5.92 Å². The summed E-state index contributed by atoms with van der Waals surface area (Å²) in [6.45, 7) is 0.581. The molecule has 0 radical (unpaired) electrons. The summed E-state index contributed by atoms with van der Waals surface area (Å²) in [5.41, 5.74) is 7.27. The van der Waals surface area contributed by atoms with Crippen molar-refractivity contribution in [2.24, 2.45) is 11.7 Å². The van der Waals surface area contributed by atoms with E-state index in [1.54, 1.807) is 11.3 Å². The molecule has 1 amide bonds. The Morgan fingerprint density at radius 1 is 1.40 bits per heavy atom. The second kappa shape index (κ2) is 5.86. The molecule has 0 saturated heterocycles. The lowest BCUT2D eigenvalue weighted by Gasteiger charge is -2.26. The van der Waals surface area contributed by atoms with E-state index < -0.39 is 0 Å². The highest BCUT2D eigenvalue weighted by Crippen LogP contribution is 2.36. The highest BCUT2D eigenvalue weighted by Gasteiger charge is 2.35. The maximum absolute atomic E-state index is 12.7. The first kappa shape index (κ1) is 14.1. The molecule has 1 heterocycles. The Morgan fingerprint density at radius 2 is 2.15 bits per heavy atom. The van der Waals surface area contributed by atoms with E-state index >= 15 is 0 Å². The molecule has 0 aromatic carbocycles. The third-order valence-electron chi connectivity index (χ3n) is 4.68. The van der Waals surface area contributed by atoms with Crippen molar-refractivity contribution in [2.45, 2.75) is 51.0 Å². The van der Waals surface area contributed by atoms with Crippen LogP contribution in [0.2, 0.25) is 0 Å². The summed E-state index contributed by atoms with van der Waals surface area (Å²) in [5, 5.41) is 0. The Balaban J connectivity index is 1.76. The summed E-state index contributed by atoms with van der Waals surface area (Å²) >= 11 is 1.71. The molecule has 2 N–H and O–H groups in total. The number of nitrogens with two attached hydrogens (primary N) is 1. The van der Waals surface area contributed by atoms with E-state index in [0.717, 1.165) is 17.7 Å². The first-order valence-electron chi connectivity index (χ1n) is 7.79. The van der Waals surface area contributed by atoms with Gasteiger partial charge in [-0.25, -0.2) is 0 Å². The number of nitrogens with zero attached hydrogens (tertiary/aromatic N) is 1. The molecule has 1 aromatic heterocycles. The fourth-order valence-electron chi connectivity index (χ4n) is 3.25. The van der Waals surface area contributed by atoms with Crippen LogP contribution in [0.4, 0.5) is 0 Å². The molecule has 4 heteroatoms. The minimum atomic E-state index is 0.172. The lowest BCUT2D eigenvalue weighted by Crippen LogP contribution is -2.43. The molecule has 2 aliphatic carbocycles. The van der Waals surface area contributed by atoms with Crippen LogP contribution in [0.5, 0.6) is 0 Å². The van der Waals surface area contributed by atoms with Crippen LogP contribution in [0.15, 0.2) is 6.07 Å². The molecule has 1 aromatic rings. The van der Waals surface area contributed by atoms with Gasteiger partial charge in [0.25, 0.3) is 5.91 Å². The van der Waals surface area contributed by atoms with Crippen molar-refractivity contribution < 1.29 is 4.79 Å². The molecule has 0 aliphatic heterocycles. The van der Waals surface area contributed by atoms with E-state index in [4.69, 9.17) is 5.73 Å². The second-order valence-electron chi connectivity index (χ2n) is 6.18. The van der Waals surface area contributed by atoms with Gasteiger partial charge in [-0.1, -0.05) is 6.42 Å². The zero-order chi connectivity index (χ0) is 14.1. The summed E-state index contributed by atoms with van der Waals surface area (Å²) in [6.07, 6.45) is 8.60. The topological polar surface area (TPSA) is 46.3 Å². The fourth-order valence-corrected chi connectivity index (χ4v) is 4.48. The predicted molar refractivity (Wildman–Crippen MR) is 83.2 cm³/mol. The Morgan fingerprint density at radius 3 is 2.85 bits per heavy atom. The van der Waals surface area contributed by atoms with Crippen molar-refractivity contribution in [1.82, 2.24) is 4.90 Å². The lowest BCUT2D eigenvalue weighted by atomic mass is 10.1. The molecule has 1 saturated carbocycles. The van der Waals surface area contributed by atoms with Gasteiger partial charge in [0.2, 0.25) is 0 Å². The molecule has 0 spiro atoms. The Kier molecular flexibility index (Phi) is 4.13. The van der Waals surface area contributed by atoms with E-state index in [0.29, 0.717) is 12.5 Å². The molecule has 20 heavy (non-hydrogen) atoms. The molecule has 1 fully saturated rings. The second-order valence-corrected chi connectivity index (χ2v) is 7.31. The van der Waals surface area contributed by atoms with E-state index in [-0.39, 0.29) is 11.9 Å². The average Bonchev–Trinajstić information content (AvgIpc) is 3.24. The van der Waals surface area contributed by atoms with Gasteiger partial charge in [0.1, 0.15) is 0 Å². The molecule has 0 bridgehead atoms. The monoisotopic (exact) mass is 292 g/mol. The van der Waals surface area contributed by atoms with Gasteiger partial charge in [-0.2, -0.15) is 0 Å². The third-order valence-corrected chi connectivity index (χ3v) is 5.91. The third kappa shape index (κ3) is 2.77. The Hall–Kier alpha value is -0.870. The number of carbonyl (C=O) groups is 1. The molecule has 1 unspecified atom stereocenters.